The first kappa shape index (κ1) is 17.2. The highest BCUT2D eigenvalue weighted by Gasteiger charge is 2.34. The number of benzene rings is 2. The first-order valence-corrected chi connectivity index (χ1v) is 9.38. The van der Waals surface area contributed by atoms with Crippen molar-refractivity contribution in [2.75, 3.05) is 4.90 Å². The van der Waals surface area contributed by atoms with Gasteiger partial charge in [-0.05, 0) is 54.1 Å². The van der Waals surface area contributed by atoms with Crippen LogP contribution in [0.25, 0.3) is 6.08 Å². The summed E-state index contributed by atoms with van der Waals surface area (Å²) in [5, 5.41) is 0.602. The van der Waals surface area contributed by atoms with E-state index in [-0.39, 0.29) is 5.91 Å². The fourth-order valence-corrected chi connectivity index (χ4v) is 3.67. The minimum absolute atomic E-state index is 0.0825. The van der Waals surface area contributed by atoms with E-state index in [1.54, 1.807) is 11.1 Å². The Morgan fingerprint density at radius 3 is 2.33 bits per heavy atom. The number of pyridine rings is 1. The molecule has 1 aromatic heterocycles. The van der Waals surface area contributed by atoms with Gasteiger partial charge in [-0.1, -0.05) is 54.6 Å². The third-order valence-electron chi connectivity index (χ3n) is 4.02. The second-order valence-electron chi connectivity index (χ2n) is 6.09. The number of para-hydroxylation sites is 1. The predicted octanol–water partition coefficient (Wildman–Crippen LogP) is 5.20. The number of amidine groups is 1. The standard InChI is InChI=1S/C22H17N3OS/c1-16-12-13-20(23-15-16)24-22-25(18-10-6-3-7-11-18)21(26)19(27-22)14-17-8-4-2-5-9-17/h2-15H,1H3. The minimum atomic E-state index is -0.0825. The lowest BCUT2D eigenvalue weighted by Crippen LogP contribution is -2.28. The zero-order valence-corrected chi connectivity index (χ0v) is 15.6. The average molecular weight is 371 g/mol. The maximum atomic E-state index is 13.1. The van der Waals surface area contributed by atoms with Gasteiger partial charge in [0, 0.05) is 6.20 Å². The molecule has 0 unspecified atom stereocenters. The number of nitrogens with zero attached hydrogens (tertiary/aromatic N) is 3. The Labute approximate surface area is 162 Å². The van der Waals surface area contributed by atoms with Crippen LogP contribution >= 0.6 is 11.8 Å². The van der Waals surface area contributed by atoms with Crippen LogP contribution in [-0.4, -0.2) is 16.1 Å². The largest absolute Gasteiger partial charge is 0.271 e. The van der Waals surface area contributed by atoms with E-state index in [2.05, 4.69) is 9.98 Å². The molecule has 1 fully saturated rings. The number of aliphatic imine (C=N–C) groups is 1. The summed E-state index contributed by atoms with van der Waals surface area (Å²) >= 11 is 1.36. The summed E-state index contributed by atoms with van der Waals surface area (Å²) in [6.07, 6.45) is 3.67. The molecule has 0 N–H and O–H groups in total. The molecule has 5 heteroatoms. The Kier molecular flexibility index (Phi) is 4.85. The molecule has 0 aliphatic carbocycles. The van der Waals surface area contributed by atoms with Gasteiger partial charge in [0.1, 0.15) is 0 Å². The summed E-state index contributed by atoms with van der Waals surface area (Å²) in [6.45, 7) is 1.98. The van der Waals surface area contributed by atoms with Gasteiger partial charge in [0.2, 0.25) is 0 Å². The third-order valence-corrected chi connectivity index (χ3v) is 4.99. The molecule has 2 heterocycles. The van der Waals surface area contributed by atoms with Crippen molar-refractivity contribution in [3.05, 3.63) is 95.0 Å². The summed E-state index contributed by atoms with van der Waals surface area (Å²) in [5.41, 5.74) is 2.84. The Morgan fingerprint density at radius 2 is 1.67 bits per heavy atom. The van der Waals surface area contributed by atoms with E-state index in [4.69, 9.17) is 0 Å². The van der Waals surface area contributed by atoms with Crippen molar-refractivity contribution in [2.24, 2.45) is 4.99 Å². The number of carbonyl (C=O) groups is 1. The fourth-order valence-electron chi connectivity index (χ4n) is 2.68. The first-order chi connectivity index (χ1) is 13.2. The lowest BCUT2D eigenvalue weighted by atomic mass is 10.2. The minimum Gasteiger partial charge on any atom is -0.268 e. The normalized spacial score (nSPS) is 17.1. The lowest BCUT2D eigenvalue weighted by Gasteiger charge is -2.15. The molecule has 0 atom stereocenters. The quantitative estimate of drug-likeness (QED) is 0.595. The third kappa shape index (κ3) is 3.83. The lowest BCUT2D eigenvalue weighted by molar-refractivity contribution is -0.113. The maximum Gasteiger partial charge on any atom is 0.271 e. The molecule has 0 bridgehead atoms. The second kappa shape index (κ2) is 7.60. The average Bonchev–Trinajstić information content (AvgIpc) is 3.00. The number of carbonyl (C=O) groups excluding carboxylic acids is 1. The van der Waals surface area contributed by atoms with Crippen LogP contribution in [0.1, 0.15) is 11.1 Å². The van der Waals surface area contributed by atoms with Crippen molar-refractivity contribution in [1.82, 2.24) is 4.98 Å². The fraction of sp³-hybridized carbons (Fsp3) is 0.0455. The number of aryl methyl sites for hydroxylation is 1. The van der Waals surface area contributed by atoms with Gasteiger partial charge in [-0.25, -0.2) is 9.98 Å². The van der Waals surface area contributed by atoms with Crippen molar-refractivity contribution < 1.29 is 4.79 Å². The number of amides is 1. The zero-order valence-electron chi connectivity index (χ0n) is 14.7. The van der Waals surface area contributed by atoms with Crippen LogP contribution in [-0.2, 0) is 4.79 Å². The van der Waals surface area contributed by atoms with Crippen LogP contribution in [0.3, 0.4) is 0 Å². The molecule has 4 rings (SSSR count). The molecule has 0 spiro atoms. The number of rotatable bonds is 3. The highest BCUT2D eigenvalue weighted by atomic mass is 32.2. The topological polar surface area (TPSA) is 45.6 Å². The van der Waals surface area contributed by atoms with Gasteiger partial charge in [-0.15, -0.1) is 0 Å². The van der Waals surface area contributed by atoms with Crippen LogP contribution < -0.4 is 4.90 Å². The van der Waals surface area contributed by atoms with Gasteiger partial charge in [0.05, 0.1) is 10.6 Å². The molecule has 0 radical (unpaired) electrons. The number of anilines is 1. The van der Waals surface area contributed by atoms with Crippen molar-refractivity contribution in [1.29, 1.82) is 0 Å². The molecule has 1 aliphatic rings. The van der Waals surface area contributed by atoms with E-state index in [0.717, 1.165) is 16.8 Å². The van der Waals surface area contributed by atoms with Crippen molar-refractivity contribution >= 4 is 40.4 Å². The van der Waals surface area contributed by atoms with Gasteiger partial charge in [0.15, 0.2) is 11.0 Å². The Balaban J connectivity index is 1.76. The first-order valence-electron chi connectivity index (χ1n) is 8.56. The molecule has 1 saturated heterocycles. The molecule has 0 saturated carbocycles. The van der Waals surface area contributed by atoms with Crippen molar-refractivity contribution in [3.63, 3.8) is 0 Å². The highest BCUT2D eigenvalue weighted by molar-refractivity contribution is 8.19. The summed E-state index contributed by atoms with van der Waals surface area (Å²) in [7, 11) is 0. The molecular formula is C22H17N3OS. The van der Waals surface area contributed by atoms with Crippen LogP contribution in [0.15, 0.2) is 88.9 Å². The van der Waals surface area contributed by atoms with E-state index in [1.807, 2.05) is 85.8 Å². The molecule has 4 nitrogen and oxygen atoms in total. The van der Waals surface area contributed by atoms with Gasteiger partial charge in [0.25, 0.3) is 5.91 Å². The van der Waals surface area contributed by atoms with E-state index in [9.17, 15) is 4.79 Å². The summed E-state index contributed by atoms with van der Waals surface area (Å²) in [4.78, 5) is 24.4. The Morgan fingerprint density at radius 1 is 0.963 bits per heavy atom. The Bertz CT molecular complexity index is 1010. The molecule has 27 heavy (non-hydrogen) atoms. The maximum absolute atomic E-state index is 13.1. The summed E-state index contributed by atoms with van der Waals surface area (Å²) < 4.78 is 0. The monoisotopic (exact) mass is 371 g/mol. The highest BCUT2D eigenvalue weighted by Crippen LogP contribution is 2.36. The van der Waals surface area contributed by atoms with Crippen molar-refractivity contribution in [3.8, 4) is 0 Å². The van der Waals surface area contributed by atoms with Crippen molar-refractivity contribution in [2.45, 2.75) is 6.92 Å². The number of aromatic nitrogens is 1. The van der Waals surface area contributed by atoms with E-state index in [0.29, 0.717) is 15.9 Å². The van der Waals surface area contributed by atoms with Crippen LogP contribution in [0, 0.1) is 6.92 Å². The van der Waals surface area contributed by atoms with E-state index >= 15 is 0 Å². The van der Waals surface area contributed by atoms with Gasteiger partial charge >= 0.3 is 0 Å². The molecule has 1 amide bonds. The zero-order chi connectivity index (χ0) is 18.6. The molecule has 1 aliphatic heterocycles. The molecule has 2 aromatic carbocycles. The van der Waals surface area contributed by atoms with Gasteiger partial charge in [-0.3, -0.25) is 9.69 Å². The van der Waals surface area contributed by atoms with Gasteiger partial charge < -0.3 is 0 Å². The smallest absolute Gasteiger partial charge is 0.268 e. The number of hydrogen-bond donors (Lipinski definition) is 0. The summed E-state index contributed by atoms with van der Waals surface area (Å²) in [5.74, 6) is 0.499. The van der Waals surface area contributed by atoms with Crippen LogP contribution in [0.5, 0.6) is 0 Å². The van der Waals surface area contributed by atoms with E-state index < -0.39 is 0 Å². The SMILES string of the molecule is Cc1ccc(N=C2SC(=Cc3ccccc3)C(=O)N2c2ccccc2)nc1. The van der Waals surface area contributed by atoms with Gasteiger partial charge in [-0.2, -0.15) is 0 Å². The van der Waals surface area contributed by atoms with E-state index in [1.165, 1.54) is 11.8 Å². The molecule has 132 valence electrons. The second-order valence-corrected chi connectivity index (χ2v) is 7.09. The summed E-state index contributed by atoms with van der Waals surface area (Å²) in [6, 6.07) is 23.2. The number of hydrogen-bond acceptors (Lipinski definition) is 4. The Hall–Kier alpha value is -3.18. The molecule has 3 aromatic rings. The number of thioether (sulfide) groups is 1. The van der Waals surface area contributed by atoms with Crippen LogP contribution in [0.4, 0.5) is 11.5 Å². The van der Waals surface area contributed by atoms with Crippen LogP contribution in [0.2, 0.25) is 0 Å². The molecular weight excluding hydrogens is 354 g/mol. The predicted molar refractivity (Wildman–Crippen MR) is 112 cm³/mol.